The molecule has 0 spiro atoms. The SMILES string of the molecule is CC(C)NC(=O)CNC(=O)C(C)(C)C#N. The van der Waals surface area contributed by atoms with E-state index in [1.807, 2.05) is 19.9 Å². The average molecular weight is 211 g/mol. The van der Waals surface area contributed by atoms with Crippen LogP contribution in [0.2, 0.25) is 0 Å². The number of hydrogen-bond acceptors (Lipinski definition) is 3. The summed E-state index contributed by atoms with van der Waals surface area (Å²) in [6.07, 6.45) is 0. The van der Waals surface area contributed by atoms with E-state index in [4.69, 9.17) is 5.26 Å². The topological polar surface area (TPSA) is 82.0 Å². The van der Waals surface area contributed by atoms with Crippen molar-refractivity contribution < 1.29 is 9.59 Å². The number of hydrogen-bond donors (Lipinski definition) is 2. The molecular weight excluding hydrogens is 194 g/mol. The van der Waals surface area contributed by atoms with Crippen LogP contribution in [0.3, 0.4) is 0 Å². The lowest BCUT2D eigenvalue weighted by atomic mass is 9.95. The van der Waals surface area contributed by atoms with E-state index in [-0.39, 0.29) is 18.5 Å². The van der Waals surface area contributed by atoms with E-state index < -0.39 is 11.3 Å². The van der Waals surface area contributed by atoms with Crippen molar-refractivity contribution in [1.29, 1.82) is 5.26 Å². The van der Waals surface area contributed by atoms with Gasteiger partial charge >= 0.3 is 0 Å². The second kappa shape index (κ2) is 5.35. The molecule has 0 aliphatic carbocycles. The molecule has 0 rings (SSSR count). The third-order valence-electron chi connectivity index (χ3n) is 1.71. The van der Waals surface area contributed by atoms with E-state index in [9.17, 15) is 9.59 Å². The van der Waals surface area contributed by atoms with Gasteiger partial charge in [-0.15, -0.1) is 0 Å². The predicted octanol–water partition coefficient (Wildman–Crippen LogP) is 0.177. The van der Waals surface area contributed by atoms with Gasteiger partial charge in [0, 0.05) is 6.04 Å². The van der Waals surface area contributed by atoms with Crippen LogP contribution < -0.4 is 10.6 Å². The molecule has 0 unspecified atom stereocenters. The minimum Gasteiger partial charge on any atom is -0.352 e. The molecular formula is C10H17N3O2. The van der Waals surface area contributed by atoms with E-state index in [1.54, 1.807) is 0 Å². The van der Waals surface area contributed by atoms with Crippen LogP contribution in [0.1, 0.15) is 27.7 Å². The van der Waals surface area contributed by atoms with E-state index in [2.05, 4.69) is 10.6 Å². The van der Waals surface area contributed by atoms with Gasteiger partial charge in [0.25, 0.3) is 0 Å². The summed E-state index contributed by atoms with van der Waals surface area (Å²) >= 11 is 0. The molecule has 0 aromatic rings. The second-order valence-electron chi connectivity index (χ2n) is 4.14. The van der Waals surface area contributed by atoms with Crippen molar-refractivity contribution >= 4 is 11.8 Å². The molecule has 0 aliphatic rings. The zero-order valence-corrected chi connectivity index (χ0v) is 9.55. The van der Waals surface area contributed by atoms with E-state index >= 15 is 0 Å². The highest BCUT2D eigenvalue weighted by molar-refractivity contribution is 5.89. The van der Waals surface area contributed by atoms with Crippen molar-refractivity contribution in [2.24, 2.45) is 5.41 Å². The summed E-state index contributed by atoms with van der Waals surface area (Å²) in [6.45, 7) is 6.57. The molecule has 0 saturated heterocycles. The summed E-state index contributed by atoms with van der Waals surface area (Å²) in [4.78, 5) is 22.5. The molecule has 15 heavy (non-hydrogen) atoms. The summed E-state index contributed by atoms with van der Waals surface area (Å²) in [5, 5.41) is 13.7. The van der Waals surface area contributed by atoms with Gasteiger partial charge in [0.15, 0.2) is 0 Å². The van der Waals surface area contributed by atoms with Gasteiger partial charge in [-0.1, -0.05) is 0 Å². The Bertz CT molecular complexity index is 290. The average Bonchev–Trinajstić information content (AvgIpc) is 2.13. The smallest absolute Gasteiger partial charge is 0.240 e. The monoisotopic (exact) mass is 211 g/mol. The first-order valence-electron chi connectivity index (χ1n) is 4.78. The molecule has 0 bridgehead atoms. The minimum atomic E-state index is -1.10. The first-order chi connectivity index (χ1) is 6.79. The summed E-state index contributed by atoms with van der Waals surface area (Å²) in [5.74, 6) is -0.698. The zero-order valence-electron chi connectivity index (χ0n) is 9.55. The van der Waals surface area contributed by atoms with Gasteiger partial charge in [0.1, 0.15) is 5.41 Å². The molecule has 0 fully saturated rings. The lowest BCUT2D eigenvalue weighted by molar-refractivity contribution is -0.130. The molecule has 2 N–H and O–H groups in total. The quantitative estimate of drug-likeness (QED) is 0.695. The summed E-state index contributed by atoms with van der Waals surface area (Å²) < 4.78 is 0. The van der Waals surface area contributed by atoms with Gasteiger partial charge in [-0.05, 0) is 27.7 Å². The highest BCUT2D eigenvalue weighted by atomic mass is 16.2. The van der Waals surface area contributed by atoms with E-state index in [0.717, 1.165) is 0 Å². The third-order valence-corrected chi connectivity index (χ3v) is 1.71. The standard InChI is InChI=1S/C10H17N3O2/c1-7(2)13-8(14)5-12-9(15)10(3,4)6-11/h7H,5H2,1-4H3,(H,12,15)(H,13,14). The number of nitrogens with zero attached hydrogens (tertiary/aromatic N) is 1. The van der Waals surface area contributed by atoms with Crippen LogP contribution in [0.25, 0.3) is 0 Å². The first-order valence-corrected chi connectivity index (χ1v) is 4.78. The molecule has 5 heteroatoms. The third kappa shape index (κ3) is 5.01. The number of amides is 2. The van der Waals surface area contributed by atoms with Crippen molar-refractivity contribution in [1.82, 2.24) is 10.6 Å². The maximum Gasteiger partial charge on any atom is 0.240 e. The molecule has 0 saturated carbocycles. The number of nitrogens with one attached hydrogen (secondary N) is 2. The number of rotatable bonds is 4. The molecule has 0 aromatic heterocycles. The molecule has 5 nitrogen and oxygen atoms in total. The molecule has 2 amide bonds. The van der Waals surface area contributed by atoms with Gasteiger partial charge in [0.05, 0.1) is 12.6 Å². The Morgan fingerprint density at radius 1 is 1.40 bits per heavy atom. The maximum atomic E-state index is 11.4. The summed E-state index contributed by atoms with van der Waals surface area (Å²) in [6, 6.07) is 1.90. The van der Waals surface area contributed by atoms with Crippen LogP contribution in [0.15, 0.2) is 0 Å². The van der Waals surface area contributed by atoms with Crippen molar-refractivity contribution in [2.45, 2.75) is 33.7 Å². The van der Waals surface area contributed by atoms with Crippen molar-refractivity contribution in [3.63, 3.8) is 0 Å². The van der Waals surface area contributed by atoms with Crippen molar-refractivity contribution in [3.8, 4) is 6.07 Å². The lowest BCUT2D eigenvalue weighted by Crippen LogP contribution is -2.43. The number of carbonyl (C=O) groups is 2. The fourth-order valence-electron chi connectivity index (χ4n) is 0.805. The molecule has 0 atom stereocenters. The second-order valence-corrected chi connectivity index (χ2v) is 4.14. The van der Waals surface area contributed by atoms with Gasteiger partial charge in [0.2, 0.25) is 11.8 Å². The van der Waals surface area contributed by atoms with Crippen LogP contribution in [0.5, 0.6) is 0 Å². The molecule has 0 radical (unpaired) electrons. The summed E-state index contributed by atoms with van der Waals surface area (Å²) in [5.41, 5.74) is -1.10. The van der Waals surface area contributed by atoms with Crippen LogP contribution >= 0.6 is 0 Å². The largest absolute Gasteiger partial charge is 0.352 e. The van der Waals surface area contributed by atoms with Gasteiger partial charge in [-0.25, -0.2) is 0 Å². The van der Waals surface area contributed by atoms with Crippen molar-refractivity contribution in [3.05, 3.63) is 0 Å². The normalized spacial score (nSPS) is 10.7. The Balaban J connectivity index is 4.03. The van der Waals surface area contributed by atoms with E-state index in [1.165, 1.54) is 13.8 Å². The Hall–Kier alpha value is -1.57. The van der Waals surface area contributed by atoms with Gasteiger partial charge in [-0.2, -0.15) is 5.26 Å². The molecule has 84 valence electrons. The fourth-order valence-corrected chi connectivity index (χ4v) is 0.805. The van der Waals surface area contributed by atoms with Crippen LogP contribution in [0, 0.1) is 16.7 Å². The van der Waals surface area contributed by atoms with Crippen LogP contribution in [0.4, 0.5) is 0 Å². The maximum absolute atomic E-state index is 11.4. The first kappa shape index (κ1) is 13.4. The lowest BCUT2D eigenvalue weighted by Gasteiger charge is -2.15. The summed E-state index contributed by atoms with van der Waals surface area (Å²) in [7, 11) is 0. The van der Waals surface area contributed by atoms with E-state index in [0.29, 0.717) is 0 Å². The Morgan fingerprint density at radius 2 is 1.93 bits per heavy atom. The Labute approximate surface area is 89.8 Å². The Kier molecular flexibility index (Phi) is 4.79. The van der Waals surface area contributed by atoms with Crippen LogP contribution in [-0.2, 0) is 9.59 Å². The van der Waals surface area contributed by atoms with Crippen LogP contribution in [-0.4, -0.2) is 24.4 Å². The molecule has 0 aromatic carbocycles. The number of nitriles is 1. The van der Waals surface area contributed by atoms with Crippen molar-refractivity contribution in [2.75, 3.05) is 6.54 Å². The number of carbonyl (C=O) groups excluding carboxylic acids is 2. The fraction of sp³-hybridized carbons (Fsp3) is 0.700. The molecule has 0 heterocycles. The highest BCUT2D eigenvalue weighted by Gasteiger charge is 2.27. The van der Waals surface area contributed by atoms with Gasteiger partial charge < -0.3 is 10.6 Å². The minimum absolute atomic E-state index is 0.0402. The van der Waals surface area contributed by atoms with Gasteiger partial charge in [-0.3, -0.25) is 9.59 Å². The predicted molar refractivity (Wildman–Crippen MR) is 55.7 cm³/mol. The molecule has 0 aliphatic heterocycles. The zero-order chi connectivity index (χ0) is 12.1. The Morgan fingerprint density at radius 3 is 2.33 bits per heavy atom. The highest BCUT2D eigenvalue weighted by Crippen LogP contribution is 2.11.